The fraction of sp³-hybridized carbons (Fsp3) is 0.263. The molecule has 0 saturated heterocycles. The van der Waals surface area contributed by atoms with Crippen LogP contribution in [0, 0.1) is 0 Å². The van der Waals surface area contributed by atoms with E-state index < -0.39 is 27.9 Å². The van der Waals surface area contributed by atoms with Crippen LogP contribution in [0.25, 0.3) is 0 Å². The van der Waals surface area contributed by atoms with Crippen LogP contribution in [-0.2, 0) is 19.6 Å². The number of hydrogen-bond acceptors (Lipinski definition) is 6. The first-order chi connectivity index (χ1) is 13.6. The number of hydrogen-bond donors (Lipinski definition) is 1. The maximum absolute atomic E-state index is 12.7. The average Bonchev–Trinajstić information content (AvgIpc) is 2.68. The average molecular weight is 441 g/mol. The van der Waals surface area contributed by atoms with Crippen LogP contribution in [0.2, 0.25) is 5.02 Å². The van der Waals surface area contributed by atoms with Gasteiger partial charge in [0.2, 0.25) is 15.9 Å². The molecule has 0 radical (unpaired) electrons. The molecule has 10 heteroatoms. The molecule has 0 aromatic heterocycles. The SMILES string of the molecule is COC(=O)c1cc(NC(=O)[C@@H](C)N(c2ccc(OC)cc2)S(C)(=O)=O)ccc1Cl. The van der Waals surface area contributed by atoms with Gasteiger partial charge >= 0.3 is 5.97 Å². The number of carbonyl (C=O) groups is 2. The van der Waals surface area contributed by atoms with Gasteiger partial charge in [0.15, 0.2) is 0 Å². The van der Waals surface area contributed by atoms with Crippen LogP contribution >= 0.6 is 11.6 Å². The van der Waals surface area contributed by atoms with Crippen LogP contribution in [-0.4, -0.2) is 46.8 Å². The van der Waals surface area contributed by atoms with Gasteiger partial charge in [0.05, 0.1) is 36.7 Å². The van der Waals surface area contributed by atoms with E-state index in [1.165, 1.54) is 39.3 Å². The van der Waals surface area contributed by atoms with Gasteiger partial charge in [-0.3, -0.25) is 9.10 Å². The molecule has 2 aromatic rings. The molecule has 0 unspecified atom stereocenters. The monoisotopic (exact) mass is 440 g/mol. The normalized spacial score (nSPS) is 12.0. The fourth-order valence-electron chi connectivity index (χ4n) is 2.65. The number of nitrogens with one attached hydrogen (secondary N) is 1. The molecular weight excluding hydrogens is 420 g/mol. The fourth-order valence-corrected chi connectivity index (χ4v) is 4.02. The first-order valence-electron chi connectivity index (χ1n) is 8.40. The van der Waals surface area contributed by atoms with Gasteiger partial charge in [-0.15, -0.1) is 0 Å². The molecule has 0 aliphatic rings. The van der Waals surface area contributed by atoms with E-state index in [4.69, 9.17) is 16.3 Å². The maximum Gasteiger partial charge on any atom is 0.339 e. The highest BCUT2D eigenvalue weighted by molar-refractivity contribution is 7.92. The molecule has 156 valence electrons. The molecule has 0 saturated carbocycles. The molecule has 2 rings (SSSR count). The van der Waals surface area contributed by atoms with Gasteiger partial charge in [0, 0.05) is 5.69 Å². The Labute approximate surface area is 174 Å². The first-order valence-corrected chi connectivity index (χ1v) is 10.6. The van der Waals surface area contributed by atoms with Gasteiger partial charge < -0.3 is 14.8 Å². The number of benzene rings is 2. The number of halogens is 1. The van der Waals surface area contributed by atoms with Gasteiger partial charge in [-0.1, -0.05) is 11.6 Å². The van der Waals surface area contributed by atoms with Gasteiger partial charge in [-0.2, -0.15) is 0 Å². The highest BCUT2D eigenvalue weighted by Crippen LogP contribution is 2.25. The summed E-state index contributed by atoms with van der Waals surface area (Å²) in [6, 6.07) is 9.50. The molecule has 1 amide bonds. The lowest BCUT2D eigenvalue weighted by atomic mass is 10.2. The van der Waals surface area contributed by atoms with Crippen molar-refractivity contribution in [2.75, 3.05) is 30.1 Å². The molecular formula is C19H21ClN2O6S. The summed E-state index contributed by atoms with van der Waals surface area (Å²) in [7, 11) is -1.06. The third-order valence-corrected chi connectivity index (χ3v) is 5.63. The molecule has 1 N–H and O–H groups in total. The summed E-state index contributed by atoms with van der Waals surface area (Å²) >= 11 is 5.97. The van der Waals surface area contributed by atoms with Crippen molar-refractivity contribution >= 4 is 44.9 Å². The lowest BCUT2D eigenvalue weighted by Gasteiger charge is -2.28. The van der Waals surface area contributed by atoms with Crippen molar-refractivity contribution in [3.05, 3.63) is 53.1 Å². The summed E-state index contributed by atoms with van der Waals surface area (Å²) in [6.07, 6.45) is 1.01. The zero-order valence-corrected chi connectivity index (χ0v) is 17.9. The van der Waals surface area contributed by atoms with Crippen LogP contribution in [0.3, 0.4) is 0 Å². The number of amides is 1. The van der Waals surface area contributed by atoms with Gasteiger partial charge in [-0.05, 0) is 49.4 Å². The third-order valence-electron chi connectivity index (χ3n) is 4.05. The smallest absolute Gasteiger partial charge is 0.339 e. The molecule has 8 nitrogen and oxygen atoms in total. The number of carbonyl (C=O) groups excluding carboxylic acids is 2. The molecule has 0 bridgehead atoms. The van der Waals surface area contributed by atoms with Crippen LogP contribution in [0.4, 0.5) is 11.4 Å². The Balaban J connectivity index is 2.31. The van der Waals surface area contributed by atoms with Gasteiger partial charge in [0.25, 0.3) is 0 Å². The molecule has 0 fully saturated rings. The van der Waals surface area contributed by atoms with Gasteiger partial charge in [0.1, 0.15) is 11.8 Å². The van der Waals surface area contributed by atoms with E-state index in [9.17, 15) is 18.0 Å². The van der Waals surface area contributed by atoms with E-state index in [1.807, 2.05) is 0 Å². The number of nitrogens with zero attached hydrogens (tertiary/aromatic N) is 1. The van der Waals surface area contributed by atoms with Crippen molar-refractivity contribution in [3.63, 3.8) is 0 Å². The van der Waals surface area contributed by atoms with Crippen molar-refractivity contribution in [1.29, 1.82) is 0 Å². The summed E-state index contributed by atoms with van der Waals surface area (Å²) in [5, 5.41) is 2.76. The minimum atomic E-state index is -3.77. The highest BCUT2D eigenvalue weighted by atomic mass is 35.5. The summed E-state index contributed by atoms with van der Waals surface area (Å²) in [4.78, 5) is 24.5. The summed E-state index contributed by atoms with van der Waals surface area (Å²) in [5.74, 6) is -0.699. The molecule has 2 aromatic carbocycles. The van der Waals surface area contributed by atoms with Gasteiger partial charge in [-0.25, -0.2) is 13.2 Å². The highest BCUT2D eigenvalue weighted by Gasteiger charge is 2.29. The van der Waals surface area contributed by atoms with Crippen LogP contribution in [0.5, 0.6) is 5.75 Å². The number of sulfonamides is 1. The van der Waals surface area contributed by atoms with Crippen molar-refractivity contribution < 1.29 is 27.5 Å². The minimum Gasteiger partial charge on any atom is -0.497 e. The summed E-state index contributed by atoms with van der Waals surface area (Å²) in [5.41, 5.74) is 0.659. The van der Waals surface area contributed by atoms with Crippen LogP contribution in [0.1, 0.15) is 17.3 Å². The van der Waals surface area contributed by atoms with E-state index in [1.54, 1.807) is 24.3 Å². The first kappa shape index (κ1) is 22.5. The second kappa shape index (κ2) is 9.15. The topological polar surface area (TPSA) is 102 Å². The van der Waals surface area contributed by atoms with E-state index in [2.05, 4.69) is 10.1 Å². The Kier molecular flexibility index (Phi) is 7.10. The molecule has 0 heterocycles. The second-order valence-electron chi connectivity index (χ2n) is 6.11. The van der Waals surface area contributed by atoms with Crippen molar-refractivity contribution in [2.24, 2.45) is 0 Å². The Morgan fingerprint density at radius 2 is 1.72 bits per heavy atom. The number of anilines is 2. The lowest BCUT2D eigenvalue weighted by molar-refractivity contribution is -0.116. The van der Waals surface area contributed by atoms with E-state index in [0.717, 1.165) is 10.6 Å². The Morgan fingerprint density at radius 3 is 2.24 bits per heavy atom. The third kappa shape index (κ3) is 5.39. The molecule has 0 aliphatic carbocycles. The zero-order valence-electron chi connectivity index (χ0n) is 16.3. The van der Waals surface area contributed by atoms with E-state index >= 15 is 0 Å². The Morgan fingerprint density at radius 1 is 1.10 bits per heavy atom. The number of esters is 1. The van der Waals surface area contributed by atoms with E-state index in [0.29, 0.717) is 11.4 Å². The predicted octanol–water partition coefficient (Wildman–Crippen LogP) is 2.93. The Hall–Kier alpha value is -2.78. The van der Waals surface area contributed by atoms with Crippen molar-refractivity contribution in [1.82, 2.24) is 0 Å². The maximum atomic E-state index is 12.7. The number of methoxy groups -OCH3 is 2. The molecule has 0 aliphatic heterocycles. The Bertz CT molecular complexity index is 1010. The molecule has 29 heavy (non-hydrogen) atoms. The lowest BCUT2D eigenvalue weighted by Crippen LogP contribution is -2.45. The summed E-state index contributed by atoms with van der Waals surface area (Å²) < 4.78 is 35.4. The zero-order chi connectivity index (χ0) is 21.8. The van der Waals surface area contributed by atoms with Crippen LogP contribution in [0.15, 0.2) is 42.5 Å². The van der Waals surface area contributed by atoms with Crippen molar-refractivity contribution in [2.45, 2.75) is 13.0 Å². The van der Waals surface area contributed by atoms with Crippen LogP contribution < -0.4 is 14.4 Å². The summed E-state index contributed by atoms with van der Waals surface area (Å²) in [6.45, 7) is 1.46. The standard InChI is InChI=1S/C19H21ClN2O6S/c1-12(22(29(4,25)26)14-6-8-15(27-2)9-7-14)18(23)21-13-5-10-17(20)16(11-13)19(24)28-3/h5-12H,1-4H3,(H,21,23)/t12-/m1/s1. The predicted molar refractivity (Wildman–Crippen MR) is 111 cm³/mol. The molecule has 0 spiro atoms. The quantitative estimate of drug-likeness (QED) is 0.664. The van der Waals surface area contributed by atoms with E-state index in [-0.39, 0.29) is 16.3 Å². The number of rotatable bonds is 7. The number of ether oxygens (including phenoxy) is 2. The van der Waals surface area contributed by atoms with Crippen molar-refractivity contribution in [3.8, 4) is 5.75 Å². The molecule has 1 atom stereocenters. The second-order valence-corrected chi connectivity index (χ2v) is 8.37. The minimum absolute atomic E-state index is 0.0785. The largest absolute Gasteiger partial charge is 0.497 e.